The second-order valence-electron chi connectivity index (χ2n) is 3.47. The first-order valence-corrected chi connectivity index (χ1v) is 7.49. The maximum Gasteiger partial charge on any atom is 0.132 e. The normalized spacial score (nSPS) is 39.9. The van der Waals surface area contributed by atoms with Crippen LogP contribution in [-0.2, 0) is 18.3 Å². The second-order valence-corrected chi connectivity index (χ2v) is 5.66. The lowest BCUT2D eigenvalue weighted by Crippen LogP contribution is -2.56. The Balaban J connectivity index is 2.78. The molecule has 0 aliphatic carbocycles. The highest BCUT2D eigenvalue weighted by atomic mass is 32.2. The van der Waals surface area contributed by atoms with Gasteiger partial charge >= 0.3 is 0 Å². The lowest BCUT2D eigenvalue weighted by Gasteiger charge is -2.43. The fourth-order valence-corrected chi connectivity index (χ4v) is 3.85. The van der Waals surface area contributed by atoms with Crippen LogP contribution in [0.3, 0.4) is 0 Å². The summed E-state index contributed by atoms with van der Waals surface area (Å²) >= 11 is 1.71. The Morgan fingerprint density at radius 1 is 1.06 bits per heavy atom. The number of thioether (sulfide) groups is 1. The first kappa shape index (κ1) is 15.5. The molecule has 8 atom stereocenters. The predicted octanol–water partition coefficient (Wildman–Crippen LogP) is 2.01. The van der Waals surface area contributed by atoms with Crippen molar-refractivity contribution in [3.63, 3.8) is 0 Å². The Labute approximate surface area is 108 Å². The van der Waals surface area contributed by atoms with Crippen LogP contribution < -0.4 is 0 Å². The largest absolute Gasteiger partial charge is 0.359 e. The van der Waals surface area contributed by atoms with Crippen LogP contribution in [0.25, 0.3) is 0 Å². The Morgan fingerprint density at radius 3 is 2.06 bits per heavy atom. The van der Waals surface area contributed by atoms with Crippen LogP contribution in [0.5, 0.6) is 0 Å². The molecule has 1 saturated heterocycles. The zero-order valence-corrected chi connectivity index (χ0v) is 13.6. The van der Waals surface area contributed by atoms with Gasteiger partial charge in [-0.05, 0) is 12.7 Å². The summed E-state index contributed by atoms with van der Waals surface area (Å²) in [4.78, 5) is 0. The summed E-state index contributed by atoms with van der Waals surface area (Å²) < 4.78 is 22.0. The molecular formula is C8H19O4P3S. The van der Waals surface area contributed by atoms with Crippen LogP contribution in [0.2, 0.25) is 0 Å². The van der Waals surface area contributed by atoms with E-state index in [0.29, 0.717) is 0 Å². The maximum atomic E-state index is 5.86. The molecule has 5 unspecified atom stereocenters. The van der Waals surface area contributed by atoms with E-state index in [1.54, 1.807) is 11.8 Å². The van der Waals surface area contributed by atoms with Crippen molar-refractivity contribution in [3.05, 3.63) is 0 Å². The Bertz CT molecular complexity index is 212. The van der Waals surface area contributed by atoms with E-state index >= 15 is 0 Å². The first-order valence-electron chi connectivity index (χ1n) is 5.03. The van der Waals surface area contributed by atoms with Crippen LogP contribution in [0, 0.1) is 0 Å². The lowest BCUT2D eigenvalue weighted by molar-refractivity contribution is -0.159. The van der Waals surface area contributed by atoms with Gasteiger partial charge < -0.3 is 18.3 Å². The zero-order valence-electron chi connectivity index (χ0n) is 9.37. The highest BCUT2D eigenvalue weighted by Gasteiger charge is 2.45. The first-order chi connectivity index (χ1) is 7.69. The van der Waals surface area contributed by atoms with Gasteiger partial charge in [0.1, 0.15) is 23.7 Å². The number of hydrogen-bond acceptors (Lipinski definition) is 5. The lowest BCUT2D eigenvalue weighted by atomic mass is 10.0. The summed E-state index contributed by atoms with van der Waals surface area (Å²) in [7, 11) is 6.81. The molecule has 1 fully saturated rings. The molecule has 1 aliphatic heterocycles. The molecule has 1 aliphatic rings. The molecule has 0 bridgehead atoms. The molecule has 1 rings (SSSR count). The molecule has 0 N–H and O–H groups in total. The molecule has 16 heavy (non-hydrogen) atoms. The number of hydrogen-bond donors (Lipinski definition) is 0. The van der Waals surface area contributed by atoms with Crippen LogP contribution >= 0.6 is 40.2 Å². The molecule has 1 heterocycles. The van der Waals surface area contributed by atoms with Gasteiger partial charge in [-0.2, -0.15) is 0 Å². The predicted molar refractivity (Wildman–Crippen MR) is 76.2 cm³/mol. The molecule has 0 aromatic heterocycles. The van der Waals surface area contributed by atoms with Crippen molar-refractivity contribution < 1.29 is 18.3 Å². The third-order valence-corrected chi connectivity index (χ3v) is 4.51. The minimum absolute atomic E-state index is 0.0245. The van der Waals surface area contributed by atoms with Crippen LogP contribution in [0.15, 0.2) is 0 Å². The summed E-state index contributed by atoms with van der Waals surface area (Å²) in [6.07, 6.45) is -0.493. The van der Waals surface area contributed by atoms with Crippen molar-refractivity contribution in [1.29, 1.82) is 0 Å². The van der Waals surface area contributed by atoms with Crippen LogP contribution in [0.4, 0.5) is 0 Å². The van der Waals surface area contributed by atoms with Crippen molar-refractivity contribution in [2.75, 3.05) is 5.75 Å². The minimum atomic E-state index is -0.159. The topological polar surface area (TPSA) is 36.9 Å². The summed E-state index contributed by atoms with van der Waals surface area (Å²) in [6, 6.07) is 0. The van der Waals surface area contributed by atoms with Crippen molar-refractivity contribution >= 4 is 40.2 Å². The molecule has 0 aromatic carbocycles. The molecule has 8 heteroatoms. The Morgan fingerprint density at radius 2 is 1.62 bits per heavy atom. The molecule has 0 saturated carbocycles. The van der Waals surface area contributed by atoms with Gasteiger partial charge in [0.05, 0.1) is 6.10 Å². The van der Waals surface area contributed by atoms with Gasteiger partial charge in [-0.1, -0.05) is 6.92 Å². The highest BCUT2D eigenvalue weighted by Crippen LogP contribution is 2.35. The van der Waals surface area contributed by atoms with Gasteiger partial charge in [0, 0.05) is 28.4 Å². The Kier molecular flexibility index (Phi) is 7.59. The van der Waals surface area contributed by atoms with E-state index in [1.165, 1.54) is 0 Å². The van der Waals surface area contributed by atoms with Crippen molar-refractivity contribution in [3.8, 4) is 0 Å². The van der Waals surface area contributed by atoms with Crippen LogP contribution in [-0.4, -0.2) is 35.6 Å². The van der Waals surface area contributed by atoms with Gasteiger partial charge in [-0.25, -0.2) is 0 Å². The molecule has 4 nitrogen and oxygen atoms in total. The van der Waals surface area contributed by atoms with Gasteiger partial charge in [-0.3, -0.25) is 0 Å². The Hall–Kier alpha value is 1.48. The zero-order chi connectivity index (χ0) is 12.1. The molecule has 96 valence electrons. The van der Waals surface area contributed by atoms with E-state index in [1.807, 2.05) is 6.92 Å². The number of ether oxygens (including phenoxy) is 1. The van der Waals surface area contributed by atoms with Crippen molar-refractivity contribution in [2.24, 2.45) is 0 Å². The second kappa shape index (κ2) is 7.81. The van der Waals surface area contributed by atoms with E-state index in [2.05, 4.69) is 35.3 Å². The van der Waals surface area contributed by atoms with E-state index in [9.17, 15) is 0 Å². The summed E-state index contributed by atoms with van der Waals surface area (Å²) in [6.45, 7) is 4.07. The van der Waals surface area contributed by atoms with E-state index in [0.717, 1.165) is 5.75 Å². The molecule has 0 radical (unpaired) electrons. The maximum absolute atomic E-state index is 5.86. The molecule has 0 amide bonds. The molecular weight excluding hydrogens is 285 g/mol. The monoisotopic (exact) mass is 304 g/mol. The van der Waals surface area contributed by atoms with E-state index in [-0.39, 0.29) is 29.9 Å². The van der Waals surface area contributed by atoms with Crippen LogP contribution in [0.1, 0.15) is 13.8 Å². The highest BCUT2D eigenvalue weighted by molar-refractivity contribution is 7.99. The summed E-state index contributed by atoms with van der Waals surface area (Å²) in [5, 5.41) is 0. The summed E-state index contributed by atoms with van der Waals surface area (Å²) in [5.41, 5.74) is -0.0283. The quantitative estimate of drug-likeness (QED) is 0.726. The smallest absolute Gasteiger partial charge is 0.132 e. The summed E-state index contributed by atoms with van der Waals surface area (Å²) in [5.74, 6) is 0.970. The molecule has 0 aromatic rings. The average Bonchev–Trinajstić information content (AvgIpc) is 2.28. The third kappa shape index (κ3) is 3.49. The molecule has 0 spiro atoms. The minimum Gasteiger partial charge on any atom is -0.359 e. The SMILES string of the molecule is CCS[C@H]1OC(C)[C@@H](OP)C(OP)[C@@H]1OP. The van der Waals surface area contributed by atoms with Gasteiger partial charge in [0.2, 0.25) is 0 Å². The van der Waals surface area contributed by atoms with Gasteiger partial charge in [0.25, 0.3) is 0 Å². The van der Waals surface area contributed by atoms with Crippen molar-refractivity contribution in [2.45, 2.75) is 43.7 Å². The standard InChI is InChI=1S/C8H19O4P3S/c1-3-16-8-7(12-15)6(11-14)5(10-13)4(2)9-8/h4-8H,3,13-15H2,1-2H3/t4?,5-,6?,7+,8-/m1/s1. The van der Waals surface area contributed by atoms with Crippen molar-refractivity contribution in [1.82, 2.24) is 0 Å². The van der Waals surface area contributed by atoms with E-state index < -0.39 is 0 Å². The average molecular weight is 304 g/mol. The fourth-order valence-electron chi connectivity index (χ4n) is 1.76. The van der Waals surface area contributed by atoms with Gasteiger partial charge in [-0.15, -0.1) is 11.8 Å². The third-order valence-electron chi connectivity index (χ3n) is 2.53. The number of rotatable bonds is 5. The fraction of sp³-hybridized carbons (Fsp3) is 1.00. The van der Waals surface area contributed by atoms with E-state index in [4.69, 9.17) is 18.3 Å². The van der Waals surface area contributed by atoms with Gasteiger partial charge in [0.15, 0.2) is 0 Å².